The Bertz CT molecular complexity index is 478. The molecule has 1 fully saturated rings. The molecule has 5 atom stereocenters. The van der Waals surface area contributed by atoms with Crippen LogP contribution in [0.3, 0.4) is 0 Å². The van der Waals surface area contributed by atoms with Crippen molar-refractivity contribution in [2.24, 2.45) is 11.8 Å². The average Bonchev–Trinajstić information content (AvgIpc) is 2.48. The zero-order valence-electron chi connectivity index (χ0n) is 14.7. The summed E-state index contributed by atoms with van der Waals surface area (Å²) in [5.74, 6) is 0.977. The fourth-order valence-electron chi connectivity index (χ4n) is 3.88. The molecule has 0 radical (unpaired) electrons. The Kier molecular flexibility index (Phi) is 5.03. The zero-order chi connectivity index (χ0) is 16.5. The molecule has 124 valence electrons. The van der Waals surface area contributed by atoms with Crippen molar-refractivity contribution in [2.45, 2.75) is 77.1 Å². The molecule has 0 aromatic carbocycles. The van der Waals surface area contributed by atoms with Crippen molar-refractivity contribution in [1.29, 1.82) is 0 Å². The highest BCUT2D eigenvalue weighted by molar-refractivity contribution is 5.24. The van der Waals surface area contributed by atoms with Crippen molar-refractivity contribution in [3.05, 3.63) is 36.5 Å². The van der Waals surface area contributed by atoms with Gasteiger partial charge in [0.25, 0.3) is 0 Å². The molecule has 0 saturated carbocycles. The van der Waals surface area contributed by atoms with Gasteiger partial charge in [-0.15, -0.1) is 6.58 Å². The average molecular weight is 304 g/mol. The molecular weight excluding hydrogens is 272 g/mol. The Balaban J connectivity index is 2.08. The first kappa shape index (κ1) is 17.5. The lowest BCUT2D eigenvalue weighted by molar-refractivity contribution is -0.208. The highest BCUT2D eigenvalue weighted by atomic mass is 16.5. The standard InChI is InChI=1S/C20H32O2/c1-7-19(5)12-11-18(21)20(6,22-19)13-10-17-15(3)9-8-14(2)16(17)4/h7,9,14,17-18,21H,1,4,8,10-13H2,2-3,5-6H3/t14-,17-,18-,19-,20-/m0/s1. The van der Waals surface area contributed by atoms with Crippen molar-refractivity contribution in [3.63, 3.8) is 0 Å². The molecule has 0 aromatic rings. The summed E-state index contributed by atoms with van der Waals surface area (Å²) >= 11 is 0. The van der Waals surface area contributed by atoms with Gasteiger partial charge in [-0.05, 0) is 58.8 Å². The Morgan fingerprint density at radius 3 is 2.77 bits per heavy atom. The molecule has 1 N–H and O–H groups in total. The lowest BCUT2D eigenvalue weighted by Crippen LogP contribution is -2.53. The van der Waals surface area contributed by atoms with E-state index in [-0.39, 0.29) is 5.60 Å². The molecule has 1 aliphatic carbocycles. The van der Waals surface area contributed by atoms with Gasteiger partial charge in [0, 0.05) is 5.92 Å². The van der Waals surface area contributed by atoms with Crippen molar-refractivity contribution in [2.75, 3.05) is 0 Å². The van der Waals surface area contributed by atoms with Crippen LogP contribution >= 0.6 is 0 Å². The van der Waals surface area contributed by atoms with E-state index in [1.54, 1.807) is 0 Å². The summed E-state index contributed by atoms with van der Waals surface area (Å²) in [5.41, 5.74) is 1.93. The first-order valence-corrected chi connectivity index (χ1v) is 8.58. The third-order valence-corrected chi connectivity index (χ3v) is 5.87. The van der Waals surface area contributed by atoms with Gasteiger partial charge in [0.2, 0.25) is 0 Å². The predicted octanol–water partition coefficient (Wildman–Crippen LogP) is 4.80. The SMILES string of the molecule is C=C[C@@]1(C)CC[C@H](O)[C@](C)(CC[C@@H]2C(=C)[C@@H](C)CC=C2C)O1. The largest absolute Gasteiger partial charge is 0.390 e. The van der Waals surface area contributed by atoms with Crippen molar-refractivity contribution < 1.29 is 9.84 Å². The minimum absolute atomic E-state index is 0.324. The van der Waals surface area contributed by atoms with Gasteiger partial charge in [-0.2, -0.15) is 0 Å². The Labute approximate surface area is 136 Å². The summed E-state index contributed by atoms with van der Waals surface area (Å²) in [6.07, 6.45) is 8.37. The second kappa shape index (κ2) is 6.33. The lowest BCUT2D eigenvalue weighted by Gasteiger charge is -2.47. The minimum atomic E-state index is -0.498. The second-order valence-corrected chi connectivity index (χ2v) is 7.74. The summed E-state index contributed by atoms with van der Waals surface area (Å²) in [6.45, 7) is 16.8. The summed E-state index contributed by atoms with van der Waals surface area (Å²) in [6, 6.07) is 0. The summed E-state index contributed by atoms with van der Waals surface area (Å²) in [5, 5.41) is 10.5. The normalized spacial score (nSPS) is 42.9. The van der Waals surface area contributed by atoms with Gasteiger partial charge in [-0.3, -0.25) is 0 Å². The molecule has 0 amide bonds. The highest BCUT2D eigenvalue weighted by Gasteiger charge is 2.44. The van der Waals surface area contributed by atoms with Crippen LogP contribution in [0.4, 0.5) is 0 Å². The minimum Gasteiger partial charge on any atom is -0.390 e. The maximum atomic E-state index is 10.5. The predicted molar refractivity (Wildman–Crippen MR) is 92.7 cm³/mol. The van der Waals surface area contributed by atoms with E-state index >= 15 is 0 Å². The van der Waals surface area contributed by atoms with Gasteiger partial charge in [0.1, 0.15) is 0 Å². The molecule has 2 rings (SSSR count). The zero-order valence-corrected chi connectivity index (χ0v) is 14.7. The molecule has 2 nitrogen and oxygen atoms in total. The Hall–Kier alpha value is -0.860. The molecule has 22 heavy (non-hydrogen) atoms. The number of hydrogen-bond donors (Lipinski definition) is 1. The Morgan fingerprint density at radius 2 is 2.14 bits per heavy atom. The maximum absolute atomic E-state index is 10.5. The molecule has 1 heterocycles. The van der Waals surface area contributed by atoms with Crippen molar-refractivity contribution in [1.82, 2.24) is 0 Å². The van der Waals surface area contributed by atoms with Crippen LogP contribution in [0.15, 0.2) is 36.5 Å². The smallest absolute Gasteiger partial charge is 0.0924 e. The van der Waals surface area contributed by atoms with E-state index in [4.69, 9.17) is 4.74 Å². The van der Waals surface area contributed by atoms with Gasteiger partial charge in [-0.1, -0.05) is 36.8 Å². The summed E-state index contributed by atoms with van der Waals surface area (Å²) in [7, 11) is 0. The van der Waals surface area contributed by atoms with Crippen LogP contribution in [0.5, 0.6) is 0 Å². The topological polar surface area (TPSA) is 29.5 Å². The van der Waals surface area contributed by atoms with Crippen LogP contribution in [0.2, 0.25) is 0 Å². The molecule has 1 aliphatic heterocycles. The third kappa shape index (κ3) is 3.38. The van der Waals surface area contributed by atoms with Crippen LogP contribution in [0, 0.1) is 11.8 Å². The van der Waals surface area contributed by atoms with E-state index in [0.717, 1.165) is 32.1 Å². The van der Waals surface area contributed by atoms with E-state index in [9.17, 15) is 5.11 Å². The molecule has 0 unspecified atom stereocenters. The second-order valence-electron chi connectivity index (χ2n) is 7.74. The van der Waals surface area contributed by atoms with E-state index in [1.165, 1.54) is 11.1 Å². The molecule has 0 spiro atoms. The third-order valence-electron chi connectivity index (χ3n) is 5.87. The van der Waals surface area contributed by atoms with E-state index < -0.39 is 11.7 Å². The van der Waals surface area contributed by atoms with Crippen LogP contribution < -0.4 is 0 Å². The van der Waals surface area contributed by atoms with Crippen LogP contribution in [-0.2, 0) is 4.74 Å². The van der Waals surface area contributed by atoms with Gasteiger partial charge in [0.15, 0.2) is 0 Å². The molecule has 2 aliphatic rings. The fourth-order valence-corrected chi connectivity index (χ4v) is 3.88. The van der Waals surface area contributed by atoms with Gasteiger partial charge in [0.05, 0.1) is 17.3 Å². The quantitative estimate of drug-likeness (QED) is 0.756. The van der Waals surface area contributed by atoms with Crippen LogP contribution in [-0.4, -0.2) is 22.4 Å². The van der Waals surface area contributed by atoms with E-state index in [0.29, 0.717) is 11.8 Å². The fraction of sp³-hybridized carbons (Fsp3) is 0.700. The van der Waals surface area contributed by atoms with Crippen molar-refractivity contribution in [3.8, 4) is 0 Å². The molecule has 1 saturated heterocycles. The van der Waals surface area contributed by atoms with Gasteiger partial charge < -0.3 is 9.84 Å². The Morgan fingerprint density at radius 1 is 1.45 bits per heavy atom. The number of hydrogen-bond acceptors (Lipinski definition) is 2. The molecule has 2 heteroatoms. The number of allylic oxidation sites excluding steroid dienone is 3. The molecule has 0 aromatic heterocycles. The molecule has 0 bridgehead atoms. The number of rotatable bonds is 4. The lowest BCUT2D eigenvalue weighted by atomic mass is 9.73. The van der Waals surface area contributed by atoms with Crippen molar-refractivity contribution >= 4 is 0 Å². The van der Waals surface area contributed by atoms with Crippen LogP contribution in [0.25, 0.3) is 0 Å². The highest BCUT2D eigenvalue weighted by Crippen LogP contribution is 2.42. The van der Waals surface area contributed by atoms with E-state index in [2.05, 4.69) is 40.0 Å². The number of ether oxygens (including phenoxy) is 1. The van der Waals surface area contributed by atoms with Gasteiger partial charge >= 0.3 is 0 Å². The first-order chi connectivity index (χ1) is 10.2. The van der Waals surface area contributed by atoms with E-state index in [1.807, 2.05) is 13.0 Å². The first-order valence-electron chi connectivity index (χ1n) is 8.58. The summed E-state index contributed by atoms with van der Waals surface area (Å²) < 4.78 is 6.29. The summed E-state index contributed by atoms with van der Waals surface area (Å²) in [4.78, 5) is 0. The van der Waals surface area contributed by atoms with Gasteiger partial charge in [-0.25, -0.2) is 0 Å². The monoisotopic (exact) mass is 304 g/mol. The maximum Gasteiger partial charge on any atom is 0.0924 e. The van der Waals surface area contributed by atoms with Crippen LogP contribution in [0.1, 0.15) is 59.8 Å². The number of aliphatic hydroxyl groups is 1. The number of aliphatic hydroxyl groups excluding tert-OH is 1. The molecular formula is C20H32O2.